The quantitative estimate of drug-likeness (QED) is 0.186. The zero-order chi connectivity index (χ0) is 14.9. The van der Waals surface area contributed by atoms with Gasteiger partial charge in [-0.2, -0.15) is 0 Å². The number of rotatable bonds is 16. The van der Waals surface area contributed by atoms with Gasteiger partial charge in [-0.05, 0) is 6.42 Å². The van der Waals surface area contributed by atoms with Gasteiger partial charge in [0.25, 0.3) is 0 Å². The second kappa shape index (κ2) is 25.2. The molecule has 0 aromatic heterocycles. The molecule has 0 aliphatic heterocycles. The Bertz CT molecular complexity index is 223. The van der Waals surface area contributed by atoms with E-state index < -0.39 is 5.97 Å². The van der Waals surface area contributed by atoms with Crippen molar-refractivity contribution >= 4 is 82.1 Å². The van der Waals surface area contributed by atoms with E-state index in [2.05, 4.69) is 6.92 Å². The van der Waals surface area contributed by atoms with Gasteiger partial charge in [0.05, 0.1) is 0 Å². The van der Waals surface area contributed by atoms with Gasteiger partial charge in [-0.15, -0.1) is 0 Å². The van der Waals surface area contributed by atoms with Crippen LogP contribution in [0.25, 0.3) is 0 Å². The van der Waals surface area contributed by atoms with Crippen LogP contribution in [-0.2, 0) is 4.79 Å². The van der Waals surface area contributed by atoms with Crippen LogP contribution < -0.4 is 0 Å². The average Bonchev–Trinajstić information content (AvgIpc) is 2.43. The molecular formula is C18H40BaO2Pb. The van der Waals surface area contributed by atoms with E-state index in [1.54, 1.807) is 0 Å². The third-order valence-electron chi connectivity index (χ3n) is 3.99. The molecule has 0 heterocycles. The summed E-state index contributed by atoms with van der Waals surface area (Å²) >= 11 is 0. The van der Waals surface area contributed by atoms with Crippen molar-refractivity contribution in [2.24, 2.45) is 0 Å². The Kier molecular flexibility index (Phi) is 32.9. The third-order valence-corrected chi connectivity index (χ3v) is 3.99. The van der Waals surface area contributed by atoms with Crippen molar-refractivity contribution in [2.75, 3.05) is 0 Å². The fraction of sp³-hybridized carbons (Fsp3) is 0.944. The van der Waals surface area contributed by atoms with E-state index >= 15 is 0 Å². The zero-order valence-electron chi connectivity index (χ0n) is 17.1. The van der Waals surface area contributed by atoms with Crippen LogP contribution in [0.1, 0.15) is 113 Å². The van der Waals surface area contributed by atoms with Crippen molar-refractivity contribution in [1.82, 2.24) is 0 Å². The van der Waals surface area contributed by atoms with E-state index in [0.717, 1.165) is 12.8 Å². The Hall–Kier alpha value is 1.96. The molecular weight excluding hydrogens is 593 g/mol. The zero-order valence-corrected chi connectivity index (χ0v) is 25.0. The van der Waals surface area contributed by atoms with Gasteiger partial charge < -0.3 is 7.96 Å². The molecule has 4 heteroatoms. The van der Waals surface area contributed by atoms with Crippen LogP contribution in [0.3, 0.4) is 0 Å². The molecule has 22 heavy (non-hydrogen) atoms. The standard InChI is InChI=1S/C18H36O2.Ba.Pb.4H/c1-2-3-4-5-6-7-8-9-10-11-12-13-14-15-16-17-18(19)20;;;;;;/h2-17H2,1H3,(H,19,20);;;;;;/q;+2;;;;2*-1. The van der Waals surface area contributed by atoms with Gasteiger partial charge in [0.2, 0.25) is 0 Å². The van der Waals surface area contributed by atoms with Crippen molar-refractivity contribution in [1.29, 1.82) is 0 Å². The van der Waals surface area contributed by atoms with Crippen LogP contribution in [-0.4, -0.2) is 87.3 Å². The number of aliphatic carboxylic acids is 1. The van der Waals surface area contributed by atoms with Crippen LogP contribution in [0.5, 0.6) is 0 Å². The van der Waals surface area contributed by atoms with Crippen molar-refractivity contribution in [3.8, 4) is 0 Å². The first kappa shape index (κ1) is 28.8. The minimum atomic E-state index is -0.653. The number of carboxylic acids is 1. The van der Waals surface area contributed by atoms with Crippen molar-refractivity contribution in [3.63, 3.8) is 0 Å². The molecule has 0 unspecified atom stereocenters. The molecule has 0 aliphatic carbocycles. The number of hydrogen-bond donors (Lipinski definition) is 1. The van der Waals surface area contributed by atoms with E-state index in [4.69, 9.17) is 5.11 Å². The second-order valence-corrected chi connectivity index (χ2v) is 6.09. The predicted molar refractivity (Wildman–Crippen MR) is 104 cm³/mol. The summed E-state index contributed by atoms with van der Waals surface area (Å²) in [4.78, 5) is 10.3. The first-order valence-electron chi connectivity index (χ1n) is 8.99. The summed E-state index contributed by atoms with van der Waals surface area (Å²) < 4.78 is 0. The van der Waals surface area contributed by atoms with Crippen LogP contribution >= 0.6 is 0 Å². The number of unbranched alkanes of at least 4 members (excludes halogenated alkanes) is 14. The number of carbonyl (C=O) groups is 1. The van der Waals surface area contributed by atoms with E-state index in [1.165, 1.54) is 83.5 Å². The van der Waals surface area contributed by atoms with Gasteiger partial charge in [0, 0.05) is 6.42 Å². The van der Waals surface area contributed by atoms with E-state index in [1.807, 2.05) is 0 Å². The van der Waals surface area contributed by atoms with Gasteiger partial charge in [-0.1, -0.05) is 96.8 Å². The Morgan fingerprint density at radius 2 is 0.955 bits per heavy atom. The van der Waals surface area contributed by atoms with Crippen molar-refractivity contribution < 1.29 is 12.8 Å². The predicted octanol–water partition coefficient (Wildman–Crippen LogP) is 5.26. The summed E-state index contributed by atoms with van der Waals surface area (Å²) in [5, 5.41) is 8.52. The molecule has 0 aromatic carbocycles. The molecule has 0 aromatic rings. The van der Waals surface area contributed by atoms with Crippen molar-refractivity contribution in [3.05, 3.63) is 0 Å². The summed E-state index contributed by atoms with van der Waals surface area (Å²) in [5.74, 6) is -0.653. The first-order chi connectivity index (χ1) is 9.77. The molecule has 2 nitrogen and oxygen atoms in total. The van der Waals surface area contributed by atoms with Gasteiger partial charge in [-0.25, -0.2) is 0 Å². The summed E-state index contributed by atoms with van der Waals surface area (Å²) in [7, 11) is 0. The van der Waals surface area contributed by atoms with E-state index in [-0.39, 0.29) is 79.0 Å². The molecule has 0 saturated heterocycles. The Morgan fingerprint density at radius 3 is 1.23 bits per heavy atom. The Morgan fingerprint density at radius 1 is 0.682 bits per heavy atom. The molecule has 0 saturated carbocycles. The summed E-state index contributed by atoms with van der Waals surface area (Å²) in [6.07, 6.45) is 20.2. The molecule has 130 valence electrons. The maximum absolute atomic E-state index is 10.3. The summed E-state index contributed by atoms with van der Waals surface area (Å²) in [5.41, 5.74) is 0. The number of hydrogen-bond acceptors (Lipinski definition) is 1. The van der Waals surface area contributed by atoms with Crippen LogP contribution in [0.15, 0.2) is 0 Å². The first-order valence-corrected chi connectivity index (χ1v) is 8.99. The Labute approximate surface area is 202 Å². The SMILES string of the molecule is CCCCCCCCCCCCCCCCCC(=O)O.[Ba+2].[H-].[H-].[PbH2]. The molecule has 0 bridgehead atoms. The fourth-order valence-electron chi connectivity index (χ4n) is 2.65. The van der Waals surface area contributed by atoms with Gasteiger partial charge in [0.15, 0.2) is 0 Å². The van der Waals surface area contributed by atoms with Crippen LogP contribution in [0.2, 0.25) is 0 Å². The molecule has 1 N–H and O–H groups in total. The summed E-state index contributed by atoms with van der Waals surface area (Å²) in [6, 6.07) is 0. The van der Waals surface area contributed by atoms with E-state index in [9.17, 15) is 4.79 Å². The molecule has 0 spiro atoms. The minimum absolute atomic E-state index is 0. The molecule has 0 atom stereocenters. The number of carboxylic acid groups (broad SMARTS) is 1. The Balaban J connectivity index is -0.000000301. The van der Waals surface area contributed by atoms with Crippen LogP contribution in [0, 0.1) is 0 Å². The maximum atomic E-state index is 10.3. The second-order valence-electron chi connectivity index (χ2n) is 6.09. The molecule has 0 aliphatic rings. The van der Waals surface area contributed by atoms with E-state index in [0.29, 0.717) is 6.42 Å². The van der Waals surface area contributed by atoms with Gasteiger partial charge in [0.1, 0.15) is 0 Å². The van der Waals surface area contributed by atoms with Crippen molar-refractivity contribution in [2.45, 2.75) is 110 Å². The topological polar surface area (TPSA) is 37.3 Å². The fourth-order valence-corrected chi connectivity index (χ4v) is 2.65. The van der Waals surface area contributed by atoms with Gasteiger partial charge >= 0.3 is 82.1 Å². The molecule has 0 rings (SSSR count). The van der Waals surface area contributed by atoms with Gasteiger partial charge in [-0.3, -0.25) is 4.79 Å². The average molecular weight is 633 g/mol. The molecule has 0 amide bonds. The molecule has 0 fully saturated rings. The monoisotopic (exact) mass is 634 g/mol. The summed E-state index contributed by atoms with van der Waals surface area (Å²) in [6.45, 7) is 2.27. The normalized spacial score (nSPS) is 9.86. The third kappa shape index (κ3) is 26.8. The van der Waals surface area contributed by atoms with Crippen LogP contribution in [0.4, 0.5) is 0 Å². The molecule has 2 radical (unpaired) electrons.